The molecule has 1 aromatic rings. The Bertz CT molecular complexity index is 248. The number of carbonyl (C=O) groups excluding carboxylic acids is 1. The molecule has 0 N–H and O–H groups in total. The predicted molar refractivity (Wildman–Crippen MR) is 41.3 cm³/mol. The molecule has 0 spiro atoms. The first kappa shape index (κ1) is 8.67. The first-order valence-electron chi connectivity index (χ1n) is 3.58. The molecule has 0 saturated carbocycles. The number of aromatic nitrogens is 1. The van der Waals surface area contributed by atoms with Crippen LogP contribution in [0.1, 0.15) is 17.3 Å². The summed E-state index contributed by atoms with van der Waals surface area (Å²) in [5, 5.41) is 0. The number of hydrogen-bond donors (Lipinski definition) is 0. The van der Waals surface area contributed by atoms with Gasteiger partial charge in [0.25, 0.3) is 0 Å². The van der Waals surface area contributed by atoms with E-state index in [1.807, 2.05) is 0 Å². The van der Waals surface area contributed by atoms with Crippen LogP contribution in [0.2, 0.25) is 0 Å². The van der Waals surface area contributed by atoms with Gasteiger partial charge >= 0.3 is 5.97 Å². The van der Waals surface area contributed by atoms with E-state index in [4.69, 9.17) is 0 Å². The van der Waals surface area contributed by atoms with Crippen LogP contribution in [0.25, 0.3) is 0 Å². The molecular weight excluding hydrogens is 158 g/mol. The molecule has 1 aromatic heterocycles. The minimum atomic E-state index is -0.523. The lowest BCUT2D eigenvalue weighted by Crippen LogP contribution is -2.05. The molecule has 4 heteroatoms. The molecule has 0 radical (unpaired) electrons. The first-order valence-corrected chi connectivity index (χ1v) is 3.58. The zero-order valence-corrected chi connectivity index (χ0v) is 6.69. The third kappa shape index (κ3) is 2.32. The van der Waals surface area contributed by atoms with Crippen LogP contribution in [0.5, 0.6) is 0 Å². The molecular formula is C8H9NO3. The van der Waals surface area contributed by atoms with Crippen molar-refractivity contribution in [3.63, 3.8) is 0 Å². The molecule has 4 nitrogen and oxygen atoms in total. The maximum absolute atomic E-state index is 11.0. The van der Waals surface area contributed by atoms with Gasteiger partial charge in [0, 0.05) is 12.4 Å². The molecule has 0 saturated heterocycles. The summed E-state index contributed by atoms with van der Waals surface area (Å²) in [5.74, 6) is -0.523. The van der Waals surface area contributed by atoms with Gasteiger partial charge in [0.1, 0.15) is 0 Å². The quantitative estimate of drug-likeness (QED) is 0.501. The highest BCUT2D eigenvalue weighted by Gasteiger charge is 2.06. The van der Waals surface area contributed by atoms with Crippen LogP contribution in [0.4, 0.5) is 0 Å². The number of carbonyl (C=O) groups is 1. The third-order valence-corrected chi connectivity index (χ3v) is 1.15. The summed E-state index contributed by atoms with van der Waals surface area (Å²) in [6.45, 7) is 2.07. The van der Waals surface area contributed by atoms with Gasteiger partial charge in [0.15, 0.2) is 0 Å². The second kappa shape index (κ2) is 4.46. The summed E-state index contributed by atoms with van der Waals surface area (Å²) in [4.78, 5) is 23.6. The number of rotatable bonds is 3. The van der Waals surface area contributed by atoms with Crippen LogP contribution in [0.3, 0.4) is 0 Å². The molecule has 12 heavy (non-hydrogen) atoms. The number of hydrogen-bond acceptors (Lipinski definition) is 4. The van der Waals surface area contributed by atoms with Gasteiger partial charge in [-0.1, -0.05) is 0 Å². The molecule has 0 aliphatic carbocycles. The van der Waals surface area contributed by atoms with Crippen molar-refractivity contribution in [2.75, 3.05) is 6.61 Å². The third-order valence-electron chi connectivity index (χ3n) is 1.15. The molecule has 0 bridgehead atoms. The van der Waals surface area contributed by atoms with Crippen LogP contribution in [0.15, 0.2) is 24.5 Å². The van der Waals surface area contributed by atoms with Gasteiger partial charge in [-0.3, -0.25) is 9.87 Å². The molecule has 0 amide bonds. The summed E-state index contributed by atoms with van der Waals surface area (Å²) in [5.41, 5.74) is 0.381. The molecule has 0 aliphatic rings. The van der Waals surface area contributed by atoms with Crippen LogP contribution in [-0.4, -0.2) is 17.6 Å². The van der Waals surface area contributed by atoms with Crippen molar-refractivity contribution in [2.24, 2.45) is 0 Å². The second-order valence-corrected chi connectivity index (χ2v) is 2.02. The largest absolute Gasteiger partial charge is 0.374 e. The van der Waals surface area contributed by atoms with E-state index in [2.05, 4.69) is 14.8 Å². The van der Waals surface area contributed by atoms with Gasteiger partial charge < -0.3 is 0 Å². The van der Waals surface area contributed by atoms with E-state index in [1.54, 1.807) is 25.3 Å². The lowest BCUT2D eigenvalue weighted by Gasteiger charge is -1.99. The second-order valence-electron chi connectivity index (χ2n) is 2.02. The van der Waals surface area contributed by atoms with Crippen molar-refractivity contribution in [3.8, 4) is 0 Å². The highest BCUT2D eigenvalue weighted by Crippen LogP contribution is 1.98. The zero-order valence-electron chi connectivity index (χ0n) is 6.69. The lowest BCUT2D eigenvalue weighted by molar-refractivity contribution is -0.236. The Morgan fingerprint density at radius 3 is 3.08 bits per heavy atom. The van der Waals surface area contributed by atoms with Crippen molar-refractivity contribution in [3.05, 3.63) is 30.1 Å². The summed E-state index contributed by atoms with van der Waals surface area (Å²) in [6.07, 6.45) is 3.00. The number of pyridine rings is 1. The van der Waals surface area contributed by atoms with Gasteiger partial charge in [-0.25, -0.2) is 4.79 Å². The minimum absolute atomic E-state index is 0.339. The van der Waals surface area contributed by atoms with Crippen molar-refractivity contribution in [1.82, 2.24) is 4.98 Å². The van der Waals surface area contributed by atoms with E-state index in [9.17, 15) is 4.79 Å². The molecule has 0 aromatic carbocycles. The lowest BCUT2D eigenvalue weighted by atomic mass is 10.3. The topological polar surface area (TPSA) is 48.4 Å². The maximum atomic E-state index is 11.0. The van der Waals surface area contributed by atoms with Crippen molar-refractivity contribution < 1.29 is 14.6 Å². The van der Waals surface area contributed by atoms with Crippen molar-refractivity contribution in [1.29, 1.82) is 0 Å². The van der Waals surface area contributed by atoms with E-state index < -0.39 is 5.97 Å². The molecule has 0 atom stereocenters. The minimum Gasteiger partial charge on any atom is -0.293 e. The van der Waals surface area contributed by atoms with Gasteiger partial charge in [-0.2, -0.15) is 4.89 Å². The average Bonchev–Trinajstić information content (AvgIpc) is 2.15. The smallest absolute Gasteiger partial charge is 0.293 e. The van der Waals surface area contributed by atoms with E-state index in [0.29, 0.717) is 12.2 Å². The fourth-order valence-electron chi connectivity index (χ4n) is 0.644. The van der Waals surface area contributed by atoms with Crippen LogP contribution in [-0.2, 0) is 9.78 Å². The highest BCUT2D eigenvalue weighted by atomic mass is 17.2. The molecule has 64 valence electrons. The van der Waals surface area contributed by atoms with E-state index in [0.717, 1.165) is 0 Å². The summed E-state index contributed by atoms with van der Waals surface area (Å²) < 4.78 is 0. The Labute approximate surface area is 70.1 Å². The highest BCUT2D eigenvalue weighted by molar-refractivity contribution is 5.88. The van der Waals surface area contributed by atoms with Crippen LogP contribution in [0, 0.1) is 0 Å². The van der Waals surface area contributed by atoms with E-state index in [-0.39, 0.29) is 0 Å². The van der Waals surface area contributed by atoms with Gasteiger partial charge in [-0.15, -0.1) is 0 Å². The standard InChI is InChI=1S/C8H9NO3/c1-2-11-12-8(10)7-4-3-5-9-6-7/h3-6H,2H2,1H3. The summed E-state index contributed by atoms with van der Waals surface area (Å²) in [6, 6.07) is 3.26. The fourth-order valence-corrected chi connectivity index (χ4v) is 0.644. The van der Waals surface area contributed by atoms with Gasteiger partial charge in [-0.05, 0) is 19.1 Å². The maximum Gasteiger partial charge on any atom is 0.374 e. The summed E-state index contributed by atoms with van der Waals surface area (Å²) in [7, 11) is 0. The molecule has 0 unspecified atom stereocenters. The monoisotopic (exact) mass is 167 g/mol. The number of nitrogens with zero attached hydrogens (tertiary/aromatic N) is 1. The SMILES string of the molecule is CCOOC(=O)c1cccnc1. The normalized spacial score (nSPS) is 9.42. The fraction of sp³-hybridized carbons (Fsp3) is 0.250. The van der Waals surface area contributed by atoms with E-state index >= 15 is 0 Å². The predicted octanol–water partition coefficient (Wildman–Crippen LogP) is 1.19. The summed E-state index contributed by atoms with van der Waals surface area (Å²) >= 11 is 0. The molecule has 0 aliphatic heterocycles. The average molecular weight is 167 g/mol. The zero-order chi connectivity index (χ0) is 8.81. The Hall–Kier alpha value is -1.42. The van der Waals surface area contributed by atoms with E-state index in [1.165, 1.54) is 6.20 Å². The van der Waals surface area contributed by atoms with Gasteiger partial charge in [0.05, 0.1) is 12.2 Å². The Balaban J connectivity index is 2.54. The Morgan fingerprint density at radius 1 is 1.67 bits per heavy atom. The van der Waals surface area contributed by atoms with Crippen molar-refractivity contribution >= 4 is 5.97 Å². The first-order chi connectivity index (χ1) is 5.84. The van der Waals surface area contributed by atoms with Gasteiger partial charge in [0.2, 0.25) is 0 Å². The van der Waals surface area contributed by atoms with Crippen molar-refractivity contribution in [2.45, 2.75) is 6.92 Å². The Kier molecular flexibility index (Phi) is 3.22. The van der Waals surface area contributed by atoms with Crippen LogP contribution < -0.4 is 0 Å². The molecule has 0 fully saturated rings. The van der Waals surface area contributed by atoms with Crippen LogP contribution >= 0.6 is 0 Å². The molecule has 1 heterocycles. The molecule has 1 rings (SSSR count). The Morgan fingerprint density at radius 2 is 2.50 bits per heavy atom.